The van der Waals surface area contributed by atoms with Gasteiger partial charge in [0.15, 0.2) is 0 Å². The molecule has 1 aliphatic rings. The zero-order chi connectivity index (χ0) is 25.8. The number of hydrogen-bond donors (Lipinski definition) is 3. The van der Waals surface area contributed by atoms with Crippen molar-refractivity contribution in [2.24, 2.45) is 0 Å². The second-order valence-corrected chi connectivity index (χ2v) is 9.98. The van der Waals surface area contributed by atoms with Crippen molar-refractivity contribution in [3.05, 3.63) is 65.2 Å². The average molecular weight is 482 g/mol. The third-order valence-corrected chi connectivity index (χ3v) is 5.65. The standard InChI is InChI=1S/C27H35N3O5/c1-17-9-8-11-19(15-17)23(24(32)28-21-12-7-6-10-18(21)2)30(20-13-14-20)25(33)22(16-31)29-26(34)35-27(3,4)5/h6-12,15,20,22-23,31H,13-14,16H2,1-5H3,(H,28,32)(H,29,34). The number of alkyl carbamates (subject to hydrolysis) is 1. The predicted molar refractivity (Wildman–Crippen MR) is 134 cm³/mol. The number of carbonyl (C=O) groups is 3. The predicted octanol–water partition coefficient (Wildman–Crippen LogP) is 3.86. The first-order valence-corrected chi connectivity index (χ1v) is 11.9. The lowest BCUT2D eigenvalue weighted by molar-refractivity contribution is -0.142. The normalized spacial score (nSPS) is 15.0. The van der Waals surface area contributed by atoms with Crippen molar-refractivity contribution in [3.63, 3.8) is 0 Å². The van der Waals surface area contributed by atoms with Gasteiger partial charge in [0.05, 0.1) is 6.61 Å². The monoisotopic (exact) mass is 481 g/mol. The summed E-state index contributed by atoms with van der Waals surface area (Å²) in [6, 6.07) is 12.5. The summed E-state index contributed by atoms with van der Waals surface area (Å²) in [6.07, 6.45) is 0.657. The van der Waals surface area contributed by atoms with Crippen LogP contribution in [0.5, 0.6) is 0 Å². The number of aliphatic hydroxyl groups is 1. The molecule has 3 rings (SSSR count). The molecule has 0 aromatic heterocycles. The van der Waals surface area contributed by atoms with Crippen LogP contribution < -0.4 is 10.6 Å². The first-order chi connectivity index (χ1) is 16.5. The van der Waals surface area contributed by atoms with Gasteiger partial charge >= 0.3 is 6.09 Å². The third-order valence-electron chi connectivity index (χ3n) is 5.65. The van der Waals surface area contributed by atoms with Crippen molar-refractivity contribution in [2.45, 2.75) is 71.2 Å². The first kappa shape index (κ1) is 26.2. The van der Waals surface area contributed by atoms with E-state index in [0.717, 1.165) is 24.0 Å². The van der Waals surface area contributed by atoms with Crippen LogP contribution in [0.15, 0.2) is 48.5 Å². The van der Waals surface area contributed by atoms with E-state index in [2.05, 4.69) is 10.6 Å². The van der Waals surface area contributed by atoms with Gasteiger partial charge in [-0.1, -0.05) is 48.0 Å². The Balaban J connectivity index is 1.95. The SMILES string of the molecule is Cc1cccc(C(C(=O)Nc2ccccc2C)N(C(=O)C(CO)NC(=O)OC(C)(C)C)C2CC2)c1. The highest BCUT2D eigenvalue weighted by molar-refractivity contribution is 5.99. The van der Waals surface area contributed by atoms with Gasteiger partial charge in [-0.05, 0) is 64.7 Å². The van der Waals surface area contributed by atoms with Crippen LogP contribution in [-0.4, -0.2) is 52.2 Å². The number of benzene rings is 2. The van der Waals surface area contributed by atoms with Crippen LogP contribution in [0.1, 0.15) is 56.3 Å². The minimum atomic E-state index is -1.25. The summed E-state index contributed by atoms with van der Waals surface area (Å²) in [5.74, 6) is -0.897. The molecule has 2 aromatic rings. The van der Waals surface area contributed by atoms with Crippen molar-refractivity contribution in [2.75, 3.05) is 11.9 Å². The van der Waals surface area contributed by atoms with Gasteiger partial charge in [0.1, 0.15) is 17.7 Å². The van der Waals surface area contributed by atoms with E-state index in [9.17, 15) is 19.5 Å². The van der Waals surface area contributed by atoms with E-state index in [1.807, 2.05) is 62.4 Å². The number of nitrogens with zero attached hydrogens (tertiary/aromatic N) is 1. The molecule has 0 spiro atoms. The van der Waals surface area contributed by atoms with E-state index in [1.165, 1.54) is 4.90 Å². The summed E-state index contributed by atoms with van der Waals surface area (Å²) in [5, 5.41) is 15.4. The summed E-state index contributed by atoms with van der Waals surface area (Å²) in [7, 11) is 0. The van der Waals surface area contributed by atoms with E-state index in [1.54, 1.807) is 20.8 Å². The summed E-state index contributed by atoms with van der Waals surface area (Å²) >= 11 is 0. The van der Waals surface area contributed by atoms with Gasteiger partial charge in [0, 0.05) is 11.7 Å². The van der Waals surface area contributed by atoms with Crippen LogP contribution in [0.3, 0.4) is 0 Å². The van der Waals surface area contributed by atoms with Crippen molar-refractivity contribution < 1.29 is 24.2 Å². The lowest BCUT2D eigenvalue weighted by Crippen LogP contribution is -2.54. The molecule has 188 valence electrons. The minimum absolute atomic E-state index is 0.176. The van der Waals surface area contributed by atoms with E-state index < -0.39 is 36.3 Å². The topological polar surface area (TPSA) is 108 Å². The summed E-state index contributed by atoms with van der Waals surface area (Å²) in [5.41, 5.74) is 2.40. The molecule has 2 aromatic carbocycles. The first-order valence-electron chi connectivity index (χ1n) is 11.9. The van der Waals surface area contributed by atoms with Crippen molar-refractivity contribution in [1.82, 2.24) is 10.2 Å². The van der Waals surface area contributed by atoms with Crippen LogP contribution in [0.4, 0.5) is 10.5 Å². The number of nitrogens with one attached hydrogen (secondary N) is 2. The van der Waals surface area contributed by atoms with Crippen molar-refractivity contribution in [1.29, 1.82) is 0 Å². The number of carbonyl (C=O) groups excluding carboxylic acids is 3. The molecule has 1 saturated carbocycles. The molecule has 1 aliphatic carbocycles. The van der Waals surface area contributed by atoms with E-state index in [-0.39, 0.29) is 11.9 Å². The van der Waals surface area contributed by atoms with Gasteiger partial charge < -0.3 is 25.4 Å². The Morgan fingerprint density at radius 1 is 1.09 bits per heavy atom. The number of hydrogen-bond acceptors (Lipinski definition) is 5. The summed E-state index contributed by atoms with van der Waals surface area (Å²) in [6.45, 7) is 8.33. The fourth-order valence-corrected chi connectivity index (χ4v) is 3.88. The largest absolute Gasteiger partial charge is 0.444 e. The molecule has 0 aliphatic heterocycles. The number of para-hydroxylation sites is 1. The van der Waals surface area contributed by atoms with Crippen LogP contribution >= 0.6 is 0 Å². The molecule has 0 radical (unpaired) electrons. The van der Waals surface area contributed by atoms with Gasteiger partial charge in [0.25, 0.3) is 5.91 Å². The number of aryl methyl sites for hydroxylation is 2. The summed E-state index contributed by atoms with van der Waals surface area (Å²) in [4.78, 5) is 41.2. The molecule has 3 amide bonds. The molecule has 2 atom stereocenters. The Morgan fingerprint density at radius 3 is 2.34 bits per heavy atom. The molecule has 0 saturated heterocycles. The Kier molecular flexibility index (Phi) is 8.17. The number of anilines is 1. The summed E-state index contributed by atoms with van der Waals surface area (Å²) < 4.78 is 5.27. The molecule has 3 N–H and O–H groups in total. The minimum Gasteiger partial charge on any atom is -0.444 e. The highest BCUT2D eigenvalue weighted by atomic mass is 16.6. The molecule has 8 heteroatoms. The molecular formula is C27H35N3O5. The molecule has 35 heavy (non-hydrogen) atoms. The second-order valence-electron chi connectivity index (χ2n) is 9.98. The molecule has 0 bridgehead atoms. The van der Waals surface area contributed by atoms with Crippen LogP contribution in [-0.2, 0) is 14.3 Å². The number of rotatable bonds is 8. The van der Waals surface area contributed by atoms with Gasteiger partial charge in [-0.25, -0.2) is 4.79 Å². The smallest absolute Gasteiger partial charge is 0.408 e. The second kappa shape index (κ2) is 10.9. The third kappa shape index (κ3) is 7.05. The highest BCUT2D eigenvalue weighted by Gasteiger charge is 2.44. The van der Waals surface area contributed by atoms with E-state index >= 15 is 0 Å². The van der Waals surface area contributed by atoms with Gasteiger partial charge in [-0.2, -0.15) is 0 Å². The fraction of sp³-hybridized carbons (Fsp3) is 0.444. The Hall–Kier alpha value is -3.39. The molecular weight excluding hydrogens is 446 g/mol. The van der Waals surface area contributed by atoms with Crippen LogP contribution in [0.25, 0.3) is 0 Å². The Labute approximate surface area is 206 Å². The maximum absolute atomic E-state index is 13.7. The van der Waals surface area contributed by atoms with Crippen LogP contribution in [0, 0.1) is 13.8 Å². The lowest BCUT2D eigenvalue weighted by atomic mass is 10.0. The average Bonchev–Trinajstić information content (AvgIpc) is 3.60. The maximum atomic E-state index is 13.7. The lowest BCUT2D eigenvalue weighted by Gasteiger charge is -2.34. The zero-order valence-electron chi connectivity index (χ0n) is 21.0. The quantitative estimate of drug-likeness (QED) is 0.531. The fourth-order valence-electron chi connectivity index (χ4n) is 3.88. The van der Waals surface area contributed by atoms with E-state index in [0.29, 0.717) is 11.3 Å². The van der Waals surface area contributed by atoms with Crippen molar-refractivity contribution >= 4 is 23.6 Å². The van der Waals surface area contributed by atoms with Gasteiger partial charge in [-0.3, -0.25) is 9.59 Å². The molecule has 2 unspecified atom stereocenters. The van der Waals surface area contributed by atoms with Gasteiger partial charge in [-0.15, -0.1) is 0 Å². The molecule has 1 fully saturated rings. The molecule has 8 nitrogen and oxygen atoms in total. The maximum Gasteiger partial charge on any atom is 0.408 e. The highest BCUT2D eigenvalue weighted by Crippen LogP contribution is 2.36. The van der Waals surface area contributed by atoms with Gasteiger partial charge in [0.2, 0.25) is 5.91 Å². The number of amides is 3. The number of aliphatic hydroxyl groups excluding tert-OH is 1. The Morgan fingerprint density at radius 2 is 1.77 bits per heavy atom. The van der Waals surface area contributed by atoms with Crippen LogP contribution in [0.2, 0.25) is 0 Å². The molecule has 0 heterocycles. The van der Waals surface area contributed by atoms with E-state index in [4.69, 9.17) is 4.74 Å². The Bertz CT molecular complexity index is 1070. The zero-order valence-corrected chi connectivity index (χ0v) is 21.0. The number of ether oxygens (including phenoxy) is 1. The van der Waals surface area contributed by atoms with Crippen molar-refractivity contribution in [3.8, 4) is 0 Å².